The lowest BCUT2D eigenvalue weighted by Gasteiger charge is -2.33. The summed E-state index contributed by atoms with van der Waals surface area (Å²) in [5.41, 5.74) is 0.178. The molecule has 7 heteroatoms. The lowest BCUT2D eigenvalue weighted by Crippen LogP contribution is -2.56. The smallest absolute Gasteiger partial charge is 0.331 e. The zero-order valence-corrected chi connectivity index (χ0v) is 22.3. The number of benzene rings is 1. The molecule has 1 aromatic carbocycles. The topological polar surface area (TPSA) is 86.6 Å². The van der Waals surface area contributed by atoms with E-state index in [0.29, 0.717) is 30.7 Å². The summed E-state index contributed by atoms with van der Waals surface area (Å²) >= 11 is 0. The summed E-state index contributed by atoms with van der Waals surface area (Å²) < 4.78 is 12.4. The van der Waals surface area contributed by atoms with E-state index in [1.165, 1.54) is 7.11 Å². The largest absolute Gasteiger partial charge is 0.494 e. The number of ether oxygens (including phenoxy) is 2. The minimum Gasteiger partial charge on any atom is -0.494 e. The molecule has 196 valence electrons. The van der Waals surface area contributed by atoms with Gasteiger partial charge in [-0.1, -0.05) is 71.4 Å². The molecule has 3 rings (SSSR count). The molecule has 7 nitrogen and oxygen atoms in total. The minimum atomic E-state index is -1.10. The first-order valence-corrected chi connectivity index (χ1v) is 13.0. The van der Waals surface area contributed by atoms with Crippen LogP contribution in [0.3, 0.4) is 0 Å². The standard InChI is InChI=1S/C26H36N2O5.C2H6.H2/c1-5-6-16-28-21-19(13-12-18(2)22(21)32-3)17-20(24(28)30)23(29)27-26(25(31)33-4)14-10-8-7-9-11-15-26;1-2;/h12-13,17H,5-11,14-16H2,1-4H3,(H,27,29);1-2H3;1H. The quantitative estimate of drug-likeness (QED) is 0.500. The number of hydrogen-bond donors (Lipinski definition) is 1. The predicted molar refractivity (Wildman–Crippen MR) is 142 cm³/mol. The van der Waals surface area contributed by atoms with Crippen molar-refractivity contribution in [1.29, 1.82) is 0 Å². The maximum absolute atomic E-state index is 13.5. The van der Waals surface area contributed by atoms with E-state index in [1.54, 1.807) is 17.7 Å². The number of hydrogen-bond acceptors (Lipinski definition) is 5. The van der Waals surface area contributed by atoms with Crippen molar-refractivity contribution in [3.63, 3.8) is 0 Å². The summed E-state index contributed by atoms with van der Waals surface area (Å²) in [7, 11) is 2.93. The molecule has 0 unspecified atom stereocenters. The zero-order chi connectivity index (χ0) is 26.0. The van der Waals surface area contributed by atoms with Crippen molar-refractivity contribution in [3.05, 3.63) is 39.7 Å². The average molecular weight is 489 g/mol. The molecule has 0 spiro atoms. The zero-order valence-electron chi connectivity index (χ0n) is 22.3. The Bertz CT molecular complexity index is 1070. The normalized spacial score (nSPS) is 15.3. The van der Waals surface area contributed by atoms with E-state index in [0.717, 1.165) is 55.9 Å². The Labute approximate surface area is 210 Å². The first-order chi connectivity index (χ1) is 16.9. The Morgan fingerprint density at radius 2 is 1.71 bits per heavy atom. The van der Waals surface area contributed by atoms with Crippen molar-refractivity contribution < 1.29 is 20.5 Å². The highest BCUT2D eigenvalue weighted by atomic mass is 16.5. The third-order valence-corrected chi connectivity index (χ3v) is 6.72. The number of aromatic nitrogens is 1. The van der Waals surface area contributed by atoms with Gasteiger partial charge in [-0.25, -0.2) is 4.79 Å². The lowest BCUT2D eigenvalue weighted by atomic mass is 9.83. The van der Waals surface area contributed by atoms with Crippen molar-refractivity contribution in [2.75, 3.05) is 14.2 Å². The molecule has 1 aliphatic carbocycles. The van der Waals surface area contributed by atoms with Crippen molar-refractivity contribution in [3.8, 4) is 5.75 Å². The highest BCUT2D eigenvalue weighted by Gasteiger charge is 2.41. The van der Waals surface area contributed by atoms with Crippen LogP contribution in [0.15, 0.2) is 23.0 Å². The monoisotopic (exact) mass is 488 g/mol. The molecule has 35 heavy (non-hydrogen) atoms. The highest BCUT2D eigenvalue weighted by molar-refractivity contribution is 6.01. The number of carbonyl (C=O) groups excluding carboxylic acids is 2. The average Bonchev–Trinajstić information content (AvgIpc) is 2.85. The van der Waals surface area contributed by atoms with Crippen molar-refractivity contribution in [2.24, 2.45) is 0 Å². The van der Waals surface area contributed by atoms with E-state index in [-0.39, 0.29) is 12.5 Å². The number of amides is 1. The van der Waals surface area contributed by atoms with Gasteiger partial charge in [0.2, 0.25) is 0 Å². The van der Waals surface area contributed by atoms with E-state index in [2.05, 4.69) is 12.2 Å². The Kier molecular flexibility index (Phi) is 10.8. The van der Waals surface area contributed by atoms with E-state index in [9.17, 15) is 14.4 Å². The Balaban J connectivity index is 0.00000211. The van der Waals surface area contributed by atoms with Gasteiger partial charge >= 0.3 is 5.97 Å². The summed E-state index contributed by atoms with van der Waals surface area (Å²) in [6.45, 7) is 8.47. The van der Waals surface area contributed by atoms with Crippen LogP contribution in [0, 0.1) is 6.92 Å². The maximum Gasteiger partial charge on any atom is 0.331 e. The van der Waals surface area contributed by atoms with Gasteiger partial charge in [-0.15, -0.1) is 0 Å². The van der Waals surface area contributed by atoms with Crippen molar-refractivity contribution in [2.45, 2.75) is 97.6 Å². The van der Waals surface area contributed by atoms with Gasteiger partial charge < -0.3 is 19.4 Å². The SMILES string of the molecule is CC.CCCCn1c(=O)c(C(=O)NC2(C(=O)OC)CCCCCCC2)cc2ccc(C)c(OC)c21.[HH]. The van der Waals surface area contributed by atoms with Crippen LogP contribution in [0.5, 0.6) is 5.75 Å². The third kappa shape index (κ3) is 6.24. The van der Waals surface area contributed by atoms with Crippen LogP contribution in [-0.4, -0.2) is 36.2 Å². The molecule has 0 bridgehead atoms. The van der Waals surface area contributed by atoms with Gasteiger partial charge in [0, 0.05) is 13.4 Å². The molecule has 0 atom stereocenters. The van der Waals surface area contributed by atoms with Crippen LogP contribution in [0.1, 0.15) is 95.9 Å². The summed E-state index contributed by atoms with van der Waals surface area (Å²) in [4.78, 5) is 39.8. The first-order valence-electron chi connectivity index (χ1n) is 13.0. The number of unbranched alkanes of at least 4 members (excludes halogenated alkanes) is 1. The Morgan fingerprint density at radius 1 is 1.09 bits per heavy atom. The number of nitrogens with one attached hydrogen (secondary N) is 1. The van der Waals surface area contributed by atoms with E-state index in [1.807, 2.05) is 32.9 Å². The molecular formula is C28H44N2O5. The van der Waals surface area contributed by atoms with E-state index in [4.69, 9.17) is 9.47 Å². The number of pyridine rings is 1. The van der Waals surface area contributed by atoms with Gasteiger partial charge in [0.25, 0.3) is 11.5 Å². The third-order valence-electron chi connectivity index (χ3n) is 6.72. The Morgan fingerprint density at radius 3 is 2.29 bits per heavy atom. The summed E-state index contributed by atoms with van der Waals surface area (Å²) in [5.74, 6) is -0.335. The molecule has 1 amide bonds. The van der Waals surface area contributed by atoms with Crippen LogP contribution in [0.2, 0.25) is 0 Å². The fraction of sp³-hybridized carbons (Fsp3) is 0.607. The number of aryl methyl sites for hydroxylation is 2. The summed E-state index contributed by atoms with van der Waals surface area (Å²) in [6.07, 6.45) is 7.51. The number of rotatable bonds is 7. The molecule has 1 N–H and O–H groups in total. The Hall–Kier alpha value is -2.83. The molecule has 0 radical (unpaired) electrons. The number of nitrogens with zero attached hydrogens (tertiary/aromatic N) is 1. The van der Waals surface area contributed by atoms with Crippen molar-refractivity contribution in [1.82, 2.24) is 9.88 Å². The van der Waals surface area contributed by atoms with Crippen LogP contribution < -0.4 is 15.6 Å². The second-order valence-electron chi connectivity index (χ2n) is 9.02. The second-order valence-corrected chi connectivity index (χ2v) is 9.02. The van der Waals surface area contributed by atoms with Gasteiger partial charge in [-0.3, -0.25) is 9.59 Å². The fourth-order valence-electron chi connectivity index (χ4n) is 4.87. The predicted octanol–water partition coefficient (Wildman–Crippen LogP) is 5.78. The molecule has 0 aliphatic heterocycles. The molecular weight excluding hydrogens is 444 g/mol. The summed E-state index contributed by atoms with van der Waals surface area (Å²) in [6, 6.07) is 5.44. The highest BCUT2D eigenvalue weighted by Crippen LogP contribution is 2.31. The van der Waals surface area contributed by atoms with Gasteiger partial charge in [-0.2, -0.15) is 0 Å². The molecule has 2 aromatic rings. The number of methoxy groups -OCH3 is 2. The maximum atomic E-state index is 13.5. The second kappa shape index (κ2) is 13.3. The van der Waals surface area contributed by atoms with Crippen molar-refractivity contribution >= 4 is 22.8 Å². The van der Waals surface area contributed by atoms with E-state index < -0.39 is 17.4 Å². The van der Waals surface area contributed by atoms with Crippen LogP contribution in [0.4, 0.5) is 0 Å². The van der Waals surface area contributed by atoms with E-state index >= 15 is 0 Å². The summed E-state index contributed by atoms with van der Waals surface area (Å²) in [5, 5.41) is 3.69. The van der Waals surface area contributed by atoms with Gasteiger partial charge in [0.05, 0.1) is 19.7 Å². The number of esters is 1. The van der Waals surface area contributed by atoms with Gasteiger partial charge in [0.1, 0.15) is 16.9 Å². The molecule has 1 fully saturated rings. The number of carbonyl (C=O) groups is 2. The van der Waals surface area contributed by atoms with Crippen LogP contribution >= 0.6 is 0 Å². The van der Waals surface area contributed by atoms with Gasteiger partial charge in [-0.05, 0) is 37.8 Å². The fourth-order valence-corrected chi connectivity index (χ4v) is 4.87. The number of fused-ring (bicyclic) bond motifs is 1. The van der Waals surface area contributed by atoms with Crippen LogP contribution in [0.25, 0.3) is 10.9 Å². The van der Waals surface area contributed by atoms with Gasteiger partial charge in [0.15, 0.2) is 0 Å². The van der Waals surface area contributed by atoms with Crippen LogP contribution in [-0.2, 0) is 16.1 Å². The molecule has 0 saturated heterocycles. The molecule has 1 aromatic heterocycles. The lowest BCUT2D eigenvalue weighted by molar-refractivity contribution is -0.149. The molecule has 1 aliphatic rings. The molecule has 1 saturated carbocycles. The molecule has 1 heterocycles. The first kappa shape index (κ1) is 28.4. The minimum absolute atomic E-state index is 0.